The lowest BCUT2D eigenvalue weighted by molar-refractivity contribution is 0.284. The predicted octanol–water partition coefficient (Wildman–Crippen LogP) is 6.03. The van der Waals surface area contributed by atoms with Crippen LogP contribution >= 0.6 is 23.2 Å². The zero-order valence-electron chi connectivity index (χ0n) is 14.7. The summed E-state index contributed by atoms with van der Waals surface area (Å²) < 4.78 is 11.4. The first-order valence-corrected chi connectivity index (χ1v) is 9.01. The van der Waals surface area contributed by atoms with Crippen molar-refractivity contribution in [1.29, 1.82) is 0 Å². The summed E-state index contributed by atoms with van der Waals surface area (Å²) in [5.74, 6) is 1.21. The molecule has 0 aliphatic heterocycles. The first-order chi connectivity index (χ1) is 13.2. The Bertz CT molecular complexity index is 945. The summed E-state index contributed by atoms with van der Waals surface area (Å²) in [4.78, 5) is 0. The molecule has 0 saturated heterocycles. The molecule has 0 radical (unpaired) electrons. The Kier molecular flexibility index (Phi) is 6.58. The van der Waals surface area contributed by atoms with Crippen molar-refractivity contribution in [3.63, 3.8) is 0 Å². The lowest BCUT2D eigenvalue weighted by Crippen LogP contribution is -2.02. The summed E-state index contributed by atoms with van der Waals surface area (Å²) in [7, 11) is 1.60. The van der Waals surface area contributed by atoms with Gasteiger partial charge >= 0.3 is 0 Å². The Morgan fingerprint density at radius 1 is 1.00 bits per heavy atom. The molecule has 3 aromatic rings. The number of methoxy groups -OCH3 is 1. The van der Waals surface area contributed by atoms with Gasteiger partial charge in [0, 0.05) is 21.2 Å². The summed E-state index contributed by atoms with van der Waals surface area (Å²) in [6, 6.07) is 20.5. The average Bonchev–Trinajstić information content (AvgIpc) is 2.68. The molecule has 0 atom stereocenters. The topological polar surface area (TPSA) is 42.8 Å². The van der Waals surface area contributed by atoms with E-state index in [2.05, 4.69) is 10.5 Å². The number of para-hydroxylation sites is 1. The molecule has 0 fully saturated rings. The quantitative estimate of drug-likeness (QED) is 0.389. The van der Waals surface area contributed by atoms with Gasteiger partial charge in [-0.05, 0) is 36.4 Å². The fraction of sp³-hybridized carbons (Fsp3) is 0.0952. The molecule has 3 aromatic carbocycles. The molecule has 0 unspecified atom stereocenters. The third-order valence-electron chi connectivity index (χ3n) is 3.78. The van der Waals surface area contributed by atoms with Gasteiger partial charge in [0.15, 0.2) is 11.5 Å². The van der Waals surface area contributed by atoms with Crippen LogP contribution < -0.4 is 14.9 Å². The number of hydrazone groups is 1. The first-order valence-electron chi connectivity index (χ1n) is 8.25. The van der Waals surface area contributed by atoms with Crippen molar-refractivity contribution in [3.8, 4) is 11.5 Å². The molecule has 0 heterocycles. The normalized spacial score (nSPS) is 10.8. The fourth-order valence-corrected chi connectivity index (χ4v) is 2.83. The van der Waals surface area contributed by atoms with Crippen LogP contribution in [0.5, 0.6) is 11.5 Å². The zero-order chi connectivity index (χ0) is 19.1. The summed E-state index contributed by atoms with van der Waals surface area (Å²) in [6.07, 6.45) is 1.67. The van der Waals surface area contributed by atoms with Gasteiger partial charge in [-0.1, -0.05) is 53.5 Å². The molecule has 3 rings (SSSR count). The Morgan fingerprint density at radius 3 is 2.59 bits per heavy atom. The highest BCUT2D eigenvalue weighted by Crippen LogP contribution is 2.31. The van der Waals surface area contributed by atoms with Crippen molar-refractivity contribution in [1.82, 2.24) is 0 Å². The van der Waals surface area contributed by atoms with Gasteiger partial charge in [-0.2, -0.15) is 5.10 Å². The molecule has 4 nitrogen and oxygen atoms in total. The highest BCUT2D eigenvalue weighted by Gasteiger charge is 2.10. The molecular weight excluding hydrogens is 383 g/mol. The highest BCUT2D eigenvalue weighted by atomic mass is 35.5. The molecule has 138 valence electrons. The maximum Gasteiger partial charge on any atom is 0.170 e. The van der Waals surface area contributed by atoms with Gasteiger partial charge in [0.05, 0.1) is 19.0 Å². The van der Waals surface area contributed by atoms with Crippen molar-refractivity contribution in [2.45, 2.75) is 6.61 Å². The van der Waals surface area contributed by atoms with Crippen LogP contribution in [0.15, 0.2) is 71.8 Å². The molecule has 0 spiro atoms. The first kappa shape index (κ1) is 19.1. The van der Waals surface area contributed by atoms with Crippen LogP contribution in [-0.4, -0.2) is 13.3 Å². The van der Waals surface area contributed by atoms with E-state index in [0.717, 1.165) is 16.8 Å². The van der Waals surface area contributed by atoms with Gasteiger partial charge in [0.25, 0.3) is 0 Å². The SMILES string of the molecule is COc1cccc(C=NNc2cccc(Cl)c2)c1OCc1ccccc1Cl. The second-order valence-electron chi connectivity index (χ2n) is 5.64. The third kappa shape index (κ3) is 5.16. The van der Waals surface area contributed by atoms with E-state index in [4.69, 9.17) is 32.7 Å². The fourth-order valence-electron chi connectivity index (χ4n) is 2.45. The molecule has 6 heteroatoms. The molecule has 0 bridgehead atoms. The minimum absolute atomic E-state index is 0.322. The Morgan fingerprint density at radius 2 is 1.81 bits per heavy atom. The van der Waals surface area contributed by atoms with Gasteiger partial charge in [-0.3, -0.25) is 5.43 Å². The number of hydrogen-bond donors (Lipinski definition) is 1. The van der Waals surface area contributed by atoms with Gasteiger partial charge in [0.2, 0.25) is 0 Å². The standard InChI is InChI=1S/C21H18Cl2N2O2/c1-26-20-11-4-7-15(13-24-25-18-9-5-8-17(22)12-18)21(20)27-14-16-6-2-3-10-19(16)23/h2-13,25H,14H2,1H3. The van der Waals surface area contributed by atoms with Crippen LogP contribution in [0.4, 0.5) is 5.69 Å². The van der Waals surface area contributed by atoms with Crippen LogP contribution in [0.25, 0.3) is 0 Å². The van der Waals surface area contributed by atoms with E-state index in [-0.39, 0.29) is 0 Å². The molecule has 0 saturated carbocycles. The minimum Gasteiger partial charge on any atom is -0.493 e. The molecular formula is C21H18Cl2N2O2. The van der Waals surface area contributed by atoms with Crippen molar-refractivity contribution in [2.24, 2.45) is 5.10 Å². The Labute approximate surface area is 168 Å². The third-order valence-corrected chi connectivity index (χ3v) is 4.38. The van der Waals surface area contributed by atoms with Crippen molar-refractivity contribution in [3.05, 3.63) is 87.9 Å². The number of nitrogens with zero attached hydrogens (tertiary/aromatic N) is 1. The summed E-state index contributed by atoms with van der Waals surface area (Å²) in [5, 5.41) is 5.56. The number of nitrogens with one attached hydrogen (secondary N) is 1. The molecule has 0 amide bonds. The van der Waals surface area contributed by atoms with E-state index in [9.17, 15) is 0 Å². The summed E-state index contributed by atoms with van der Waals surface area (Å²) in [6.45, 7) is 0.322. The summed E-state index contributed by atoms with van der Waals surface area (Å²) in [5.41, 5.74) is 5.41. The predicted molar refractivity (Wildman–Crippen MR) is 111 cm³/mol. The van der Waals surface area contributed by atoms with Crippen LogP contribution in [0.2, 0.25) is 10.0 Å². The van der Waals surface area contributed by atoms with E-state index in [1.54, 1.807) is 25.5 Å². The van der Waals surface area contributed by atoms with Crippen LogP contribution in [0.1, 0.15) is 11.1 Å². The Balaban J connectivity index is 1.78. The van der Waals surface area contributed by atoms with Crippen LogP contribution in [-0.2, 0) is 6.61 Å². The van der Waals surface area contributed by atoms with E-state index in [1.165, 1.54) is 0 Å². The Hall–Kier alpha value is -2.69. The smallest absolute Gasteiger partial charge is 0.170 e. The van der Waals surface area contributed by atoms with E-state index >= 15 is 0 Å². The van der Waals surface area contributed by atoms with E-state index in [0.29, 0.717) is 28.2 Å². The zero-order valence-corrected chi connectivity index (χ0v) is 16.2. The van der Waals surface area contributed by atoms with Gasteiger partial charge in [-0.15, -0.1) is 0 Å². The molecule has 0 aromatic heterocycles. The summed E-state index contributed by atoms with van der Waals surface area (Å²) >= 11 is 12.2. The molecule has 27 heavy (non-hydrogen) atoms. The van der Waals surface area contributed by atoms with Crippen LogP contribution in [0.3, 0.4) is 0 Å². The maximum atomic E-state index is 6.21. The largest absolute Gasteiger partial charge is 0.493 e. The van der Waals surface area contributed by atoms with Crippen LogP contribution in [0, 0.1) is 0 Å². The van der Waals surface area contributed by atoms with Gasteiger partial charge < -0.3 is 9.47 Å². The average molecular weight is 401 g/mol. The second kappa shape index (κ2) is 9.31. The van der Waals surface area contributed by atoms with E-state index < -0.39 is 0 Å². The lowest BCUT2D eigenvalue weighted by Gasteiger charge is -2.14. The minimum atomic E-state index is 0.322. The van der Waals surface area contributed by atoms with Gasteiger partial charge in [-0.25, -0.2) is 0 Å². The number of ether oxygens (including phenoxy) is 2. The lowest BCUT2D eigenvalue weighted by atomic mass is 10.2. The van der Waals surface area contributed by atoms with E-state index in [1.807, 2.05) is 54.6 Å². The number of hydrogen-bond acceptors (Lipinski definition) is 4. The maximum absolute atomic E-state index is 6.21. The number of halogens is 2. The van der Waals surface area contributed by atoms with Crippen molar-refractivity contribution in [2.75, 3.05) is 12.5 Å². The second-order valence-corrected chi connectivity index (χ2v) is 6.48. The highest BCUT2D eigenvalue weighted by molar-refractivity contribution is 6.31. The van der Waals surface area contributed by atoms with Crippen molar-refractivity contribution < 1.29 is 9.47 Å². The number of anilines is 1. The molecule has 1 N–H and O–H groups in total. The monoisotopic (exact) mass is 400 g/mol. The van der Waals surface area contributed by atoms with Gasteiger partial charge in [0.1, 0.15) is 6.61 Å². The molecule has 0 aliphatic rings. The number of benzene rings is 3. The molecule has 0 aliphatic carbocycles. The van der Waals surface area contributed by atoms with Crippen molar-refractivity contribution >= 4 is 35.1 Å². The number of rotatable bonds is 7.